The lowest BCUT2D eigenvalue weighted by Gasteiger charge is -2.05. The molecule has 1 saturated carbocycles. The number of amidine groups is 1. The lowest BCUT2D eigenvalue weighted by molar-refractivity contribution is -0.114. The molecule has 0 aliphatic heterocycles. The third-order valence-corrected chi connectivity index (χ3v) is 4.52. The van der Waals surface area contributed by atoms with Crippen LogP contribution in [-0.2, 0) is 4.79 Å². The van der Waals surface area contributed by atoms with E-state index in [9.17, 15) is 4.79 Å². The van der Waals surface area contributed by atoms with Crippen molar-refractivity contribution in [2.24, 2.45) is 22.2 Å². The molecular formula is C19H23ClN6OS. The summed E-state index contributed by atoms with van der Waals surface area (Å²) < 4.78 is 2.20. The molecule has 0 saturated heterocycles. The Hall–Kier alpha value is -2.63. The van der Waals surface area contributed by atoms with Gasteiger partial charge in [0.15, 0.2) is 0 Å². The number of hydrogen-bond acceptors (Lipinski definition) is 5. The zero-order chi connectivity index (χ0) is 21.0. The van der Waals surface area contributed by atoms with E-state index in [1.165, 1.54) is 7.05 Å². The van der Waals surface area contributed by atoms with Gasteiger partial charge in [0.2, 0.25) is 0 Å². The Balaban J connectivity index is 0.00000136. The minimum Gasteiger partial charge on any atom is -0.391 e. The van der Waals surface area contributed by atoms with Gasteiger partial charge in [-0.25, -0.2) is 4.98 Å². The molecule has 9 heteroatoms. The van der Waals surface area contributed by atoms with Crippen LogP contribution in [0.2, 0.25) is 5.02 Å². The molecular weight excluding hydrogens is 396 g/mol. The van der Waals surface area contributed by atoms with E-state index in [0.717, 1.165) is 29.7 Å². The Morgan fingerprint density at radius 2 is 1.96 bits per heavy atom. The van der Waals surface area contributed by atoms with Crippen molar-refractivity contribution < 1.29 is 4.79 Å². The van der Waals surface area contributed by atoms with Crippen LogP contribution >= 0.6 is 24.2 Å². The Morgan fingerprint density at radius 3 is 2.50 bits per heavy atom. The molecule has 28 heavy (non-hydrogen) atoms. The molecule has 1 aliphatic carbocycles. The molecule has 0 spiro atoms. The topological polar surface area (TPSA) is 125 Å². The molecule has 148 valence electrons. The first-order valence-electron chi connectivity index (χ1n) is 8.50. The van der Waals surface area contributed by atoms with E-state index in [4.69, 9.17) is 28.8 Å². The second-order valence-corrected chi connectivity index (χ2v) is 6.50. The van der Waals surface area contributed by atoms with Crippen molar-refractivity contribution in [2.75, 3.05) is 13.3 Å². The van der Waals surface area contributed by atoms with Crippen LogP contribution in [0.5, 0.6) is 0 Å². The number of nitrogens with zero attached hydrogens (tertiary/aromatic N) is 3. The first-order chi connectivity index (χ1) is 13.3. The molecule has 0 radical (unpaired) electrons. The average Bonchev–Trinajstić information content (AvgIpc) is 3.44. The van der Waals surface area contributed by atoms with Crippen LogP contribution in [-0.4, -0.2) is 34.6 Å². The summed E-state index contributed by atoms with van der Waals surface area (Å²) in [5.74, 6) is 5.64. The molecule has 1 aliphatic rings. The number of carbonyl (C=O) groups excluding carboxylic acids is 1. The maximum atomic E-state index is 11.5. The molecule has 3 rings (SSSR count). The highest BCUT2D eigenvalue weighted by molar-refractivity contribution is 7.79. The molecule has 1 fully saturated rings. The number of carbonyl (C=O) groups is 1. The fourth-order valence-corrected chi connectivity index (χ4v) is 3.04. The monoisotopic (exact) mass is 418 g/mol. The normalized spacial score (nSPS) is 14.5. The number of allylic oxidation sites excluding steroid dienone is 1. The summed E-state index contributed by atoms with van der Waals surface area (Å²) in [7, 11) is 1.43. The van der Waals surface area contributed by atoms with Gasteiger partial charge < -0.3 is 21.8 Å². The lowest BCUT2D eigenvalue weighted by Crippen LogP contribution is -2.29. The second kappa shape index (κ2) is 9.04. The quantitative estimate of drug-likeness (QED) is 0.200. The molecule has 6 N–H and O–H groups in total. The van der Waals surface area contributed by atoms with Crippen molar-refractivity contribution in [3.63, 3.8) is 0 Å². The largest absolute Gasteiger partial charge is 0.391 e. The second-order valence-electron chi connectivity index (χ2n) is 6.09. The third-order valence-electron chi connectivity index (χ3n) is 4.21. The van der Waals surface area contributed by atoms with Crippen molar-refractivity contribution in [1.82, 2.24) is 9.55 Å². The van der Waals surface area contributed by atoms with E-state index in [2.05, 4.69) is 39.0 Å². The van der Waals surface area contributed by atoms with Gasteiger partial charge in [-0.05, 0) is 44.1 Å². The fourth-order valence-electron chi connectivity index (χ4n) is 2.83. The summed E-state index contributed by atoms with van der Waals surface area (Å²) in [5, 5.41) is 0.484. The summed E-state index contributed by atoms with van der Waals surface area (Å²) >= 11 is 9.91. The lowest BCUT2D eigenvalue weighted by atomic mass is 10.1. The average molecular weight is 419 g/mol. The number of halogens is 1. The predicted molar refractivity (Wildman–Crippen MR) is 117 cm³/mol. The minimum atomic E-state index is -0.791. The molecule has 0 atom stereocenters. The van der Waals surface area contributed by atoms with Crippen LogP contribution in [0.3, 0.4) is 0 Å². The molecule has 1 aromatic carbocycles. The third kappa shape index (κ3) is 4.43. The number of hydrogen-bond donors (Lipinski definition) is 4. The van der Waals surface area contributed by atoms with Gasteiger partial charge in [-0.2, -0.15) is 12.6 Å². The van der Waals surface area contributed by atoms with Crippen molar-refractivity contribution >= 4 is 47.0 Å². The van der Waals surface area contributed by atoms with E-state index in [1.807, 2.05) is 19.1 Å². The van der Waals surface area contributed by atoms with Crippen molar-refractivity contribution in [3.8, 4) is 11.8 Å². The van der Waals surface area contributed by atoms with Crippen LogP contribution in [0.1, 0.15) is 30.3 Å². The zero-order valence-electron chi connectivity index (χ0n) is 16.0. The number of amides is 1. The summed E-state index contributed by atoms with van der Waals surface area (Å²) in [6.07, 6.45) is 4.01. The Kier molecular flexibility index (Phi) is 7.00. The number of nitrogens with two attached hydrogens (primary N) is 3. The van der Waals surface area contributed by atoms with Gasteiger partial charge in [0.25, 0.3) is 5.91 Å². The summed E-state index contributed by atoms with van der Waals surface area (Å²) in [4.78, 5) is 19.8. The highest BCUT2D eigenvalue weighted by Gasteiger charge is 2.27. The minimum absolute atomic E-state index is 0.0588. The maximum Gasteiger partial charge on any atom is 0.255 e. The molecule has 1 aromatic heterocycles. The van der Waals surface area contributed by atoms with Gasteiger partial charge in [0, 0.05) is 18.7 Å². The van der Waals surface area contributed by atoms with E-state index < -0.39 is 5.91 Å². The van der Waals surface area contributed by atoms with Gasteiger partial charge in [0.1, 0.15) is 17.2 Å². The SMILES string of the molecule is CN=C(N)/C(C(N)=O)=C(\N)C#Cc1cc2nc(C)n(C3CC3)c2cc1Cl.CS. The number of primary amides is 1. The summed E-state index contributed by atoms with van der Waals surface area (Å²) in [6, 6.07) is 4.17. The molecule has 0 bridgehead atoms. The van der Waals surface area contributed by atoms with E-state index in [1.54, 1.807) is 6.26 Å². The molecule has 1 amide bonds. The van der Waals surface area contributed by atoms with Crippen LogP contribution in [0.4, 0.5) is 0 Å². The number of aromatic nitrogens is 2. The first kappa shape index (κ1) is 21.7. The van der Waals surface area contributed by atoms with Gasteiger partial charge in [-0.15, -0.1) is 0 Å². The molecule has 0 unspecified atom stereocenters. The van der Waals surface area contributed by atoms with Crippen LogP contribution in [0.15, 0.2) is 28.4 Å². The van der Waals surface area contributed by atoms with Gasteiger partial charge in [0.05, 0.1) is 21.8 Å². The van der Waals surface area contributed by atoms with Gasteiger partial charge in [-0.1, -0.05) is 17.5 Å². The Morgan fingerprint density at radius 1 is 1.32 bits per heavy atom. The molecule has 1 heterocycles. The fraction of sp³-hybridized carbons (Fsp3) is 0.316. The first-order valence-corrected chi connectivity index (χ1v) is 9.77. The Labute approximate surface area is 174 Å². The van der Waals surface area contributed by atoms with Crippen molar-refractivity contribution in [1.29, 1.82) is 0 Å². The number of fused-ring (bicyclic) bond motifs is 1. The molecule has 7 nitrogen and oxygen atoms in total. The standard InChI is InChI=1S/C18H19ClN6O.CH4S/c1-9-24-14-7-10(12(19)8-15(14)25(9)11-4-5-11)3-6-13(20)16(18(22)26)17(21)23-2;1-2/h7-8,11H,4-5,20H2,1-2H3,(H2,21,23)(H2,22,26);2H,1H3/b16-13+;. The number of imidazole rings is 1. The number of benzene rings is 1. The molecule has 2 aromatic rings. The van der Waals surface area contributed by atoms with E-state index in [0.29, 0.717) is 16.6 Å². The number of rotatable bonds is 3. The number of thiol groups is 1. The van der Waals surface area contributed by atoms with Crippen molar-refractivity contribution in [3.05, 3.63) is 39.8 Å². The summed E-state index contributed by atoms with van der Waals surface area (Å²) in [5.41, 5.74) is 19.0. The van der Waals surface area contributed by atoms with Crippen LogP contribution in [0, 0.1) is 18.8 Å². The van der Waals surface area contributed by atoms with Crippen LogP contribution < -0.4 is 17.2 Å². The zero-order valence-corrected chi connectivity index (χ0v) is 17.6. The van der Waals surface area contributed by atoms with Crippen LogP contribution in [0.25, 0.3) is 11.0 Å². The highest BCUT2D eigenvalue weighted by Crippen LogP contribution is 2.39. The van der Waals surface area contributed by atoms with Crippen molar-refractivity contribution in [2.45, 2.75) is 25.8 Å². The maximum absolute atomic E-state index is 11.5. The van der Waals surface area contributed by atoms with Gasteiger partial charge in [-0.3, -0.25) is 9.79 Å². The van der Waals surface area contributed by atoms with E-state index in [-0.39, 0.29) is 17.1 Å². The van der Waals surface area contributed by atoms with E-state index >= 15 is 0 Å². The Bertz CT molecular complexity index is 1040. The number of aliphatic imine (C=N–C) groups is 1. The predicted octanol–water partition coefficient (Wildman–Crippen LogP) is 1.92. The number of aryl methyl sites for hydroxylation is 1. The smallest absolute Gasteiger partial charge is 0.255 e. The summed E-state index contributed by atoms with van der Waals surface area (Å²) in [6.45, 7) is 1.98. The van der Waals surface area contributed by atoms with Gasteiger partial charge >= 0.3 is 0 Å². The highest BCUT2D eigenvalue weighted by atomic mass is 35.5.